The van der Waals surface area contributed by atoms with E-state index in [9.17, 15) is 0 Å². The van der Waals surface area contributed by atoms with Crippen LogP contribution in [-0.2, 0) is 20.1 Å². The van der Waals surface area contributed by atoms with E-state index in [4.69, 9.17) is 9.37 Å². The average Bonchev–Trinajstić information content (AvgIpc) is 2.94. The van der Waals surface area contributed by atoms with Gasteiger partial charge >= 0.3 is 0 Å². The molecule has 3 aromatic carbocycles. The van der Waals surface area contributed by atoms with Crippen LogP contribution in [0.5, 0.6) is 0 Å². The summed E-state index contributed by atoms with van der Waals surface area (Å²) in [6.45, 7) is -2.14. The Hall–Kier alpha value is -3.90. The molecule has 0 bridgehead atoms. The van der Waals surface area contributed by atoms with Gasteiger partial charge in [0.1, 0.15) is 0 Å². The molecule has 167 valence electrons. The van der Waals surface area contributed by atoms with E-state index in [0.717, 1.165) is 22.4 Å². The molecule has 0 saturated carbocycles. The molecule has 0 atom stereocenters. The summed E-state index contributed by atoms with van der Waals surface area (Å²) in [5.41, 5.74) is 6.40. The molecule has 0 aliphatic carbocycles. The molecule has 0 saturated heterocycles. The first-order valence-corrected chi connectivity index (χ1v) is 10.3. The van der Waals surface area contributed by atoms with Crippen LogP contribution in [0.15, 0.2) is 109 Å². The maximum absolute atomic E-state index is 8.68. The zero-order chi connectivity index (χ0) is 25.4. The molecular weight excluding hydrogens is 595 g/mol. The summed E-state index contributed by atoms with van der Waals surface area (Å²) in [7, 11) is 0. The molecular formula is C30H21IrN3-2. The third-order valence-corrected chi connectivity index (χ3v) is 4.84. The van der Waals surface area contributed by atoms with Gasteiger partial charge in [-0.15, -0.1) is 65.7 Å². The number of benzene rings is 3. The molecule has 5 rings (SSSR count). The van der Waals surface area contributed by atoms with Crippen LogP contribution in [0.1, 0.15) is 15.2 Å². The first kappa shape index (κ1) is 20.7. The molecule has 4 heteroatoms. The minimum Gasteiger partial charge on any atom is -0.304 e. The largest absolute Gasteiger partial charge is 0.304 e. The van der Waals surface area contributed by atoms with Crippen molar-refractivity contribution in [2.45, 2.75) is 6.85 Å². The molecule has 0 unspecified atom stereocenters. The number of pyridine rings is 2. The van der Waals surface area contributed by atoms with Crippen LogP contribution in [-0.4, -0.2) is 9.97 Å². The summed E-state index contributed by atoms with van der Waals surface area (Å²) < 4.78 is 21.8. The summed E-state index contributed by atoms with van der Waals surface area (Å²) in [5.74, 6) is 0. The number of nitrogens with zero attached hydrogens (tertiary/aromatic N) is 3. The molecule has 2 aromatic heterocycles. The second kappa shape index (κ2) is 12.4. The Morgan fingerprint density at radius 1 is 0.735 bits per heavy atom. The summed E-state index contributed by atoms with van der Waals surface area (Å²) in [6, 6.07) is 38.6. The van der Waals surface area contributed by atoms with E-state index in [1.165, 1.54) is 17.8 Å². The number of aromatic nitrogens is 2. The summed E-state index contributed by atoms with van der Waals surface area (Å²) in [6.07, 6.45) is 3.25. The van der Waals surface area contributed by atoms with Gasteiger partial charge in [-0.25, -0.2) is 5.26 Å². The minimum absolute atomic E-state index is 0. The molecule has 0 spiro atoms. The molecule has 0 aliphatic rings. The van der Waals surface area contributed by atoms with Crippen molar-refractivity contribution in [2.24, 2.45) is 0 Å². The Morgan fingerprint density at radius 3 is 2.03 bits per heavy atom. The minimum atomic E-state index is -2.14. The molecule has 2 heterocycles. The fourth-order valence-electron chi connectivity index (χ4n) is 3.11. The Kier molecular flexibility index (Phi) is 7.53. The van der Waals surface area contributed by atoms with Crippen molar-refractivity contribution in [3.05, 3.63) is 133 Å². The van der Waals surface area contributed by atoms with Gasteiger partial charge in [-0.1, -0.05) is 54.6 Å². The van der Waals surface area contributed by atoms with E-state index < -0.39 is 6.85 Å². The van der Waals surface area contributed by atoms with E-state index in [-0.39, 0.29) is 25.7 Å². The Labute approximate surface area is 218 Å². The van der Waals surface area contributed by atoms with Crippen LogP contribution in [0.3, 0.4) is 0 Å². The van der Waals surface area contributed by atoms with Crippen molar-refractivity contribution < 1.29 is 24.2 Å². The van der Waals surface area contributed by atoms with Gasteiger partial charge < -0.3 is 9.97 Å². The van der Waals surface area contributed by atoms with Crippen LogP contribution in [0.25, 0.3) is 33.6 Å². The van der Waals surface area contributed by atoms with E-state index in [2.05, 4.69) is 40.3 Å². The van der Waals surface area contributed by atoms with Crippen LogP contribution >= 0.6 is 0 Å². The number of nitriles is 1. The molecule has 5 aromatic rings. The maximum atomic E-state index is 8.68. The van der Waals surface area contributed by atoms with E-state index in [0.29, 0.717) is 11.3 Å². The number of rotatable bonds is 3. The normalized spacial score (nSPS) is 11.3. The zero-order valence-electron chi connectivity index (χ0n) is 21.1. The molecule has 0 amide bonds. The fraction of sp³-hybridized carbons (Fsp3) is 0.0333. The molecule has 0 aliphatic heterocycles. The second-order valence-corrected chi connectivity index (χ2v) is 7.11. The van der Waals surface area contributed by atoms with Crippen LogP contribution in [0, 0.1) is 30.3 Å². The van der Waals surface area contributed by atoms with Gasteiger partial charge in [0.15, 0.2) is 0 Å². The van der Waals surface area contributed by atoms with Gasteiger partial charge in [0, 0.05) is 42.7 Å². The van der Waals surface area contributed by atoms with Gasteiger partial charge in [0.25, 0.3) is 0 Å². The summed E-state index contributed by atoms with van der Waals surface area (Å²) >= 11 is 0. The van der Waals surface area contributed by atoms with Crippen LogP contribution < -0.4 is 0 Å². The number of hydrogen-bond acceptors (Lipinski definition) is 3. The van der Waals surface area contributed by atoms with Crippen LogP contribution in [0.4, 0.5) is 0 Å². The summed E-state index contributed by atoms with van der Waals surface area (Å²) in [5, 5.41) is 8.68. The van der Waals surface area contributed by atoms with Gasteiger partial charge in [0.05, 0.1) is 0 Å². The van der Waals surface area contributed by atoms with E-state index >= 15 is 0 Å². The first-order chi connectivity index (χ1) is 17.4. The molecule has 34 heavy (non-hydrogen) atoms. The third kappa shape index (κ3) is 6.56. The Bertz CT molecular complexity index is 1370. The molecule has 1 radical (unpaired) electrons. The monoisotopic (exact) mass is 619 g/mol. The van der Waals surface area contributed by atoms with Crippen molar-refractivity contribution >= 4 is 0 Å². The van der Waals surface area contributed by atoms with E-state index in [1.807, 2.05) is 60.8 Å². The van der Waals surface area contributed by atoms with Gasteiger partial charge in [0.2, 0.25) is 0 Å². The van der Waals surface area contributed by atoms with E-state index in [1.54, 1.807) is 24.3 Å². The average molecular weight is 619 g/mol. The van der Waals surface area contributed by atoms with Crippen molar-refractivity contribution in [1.82, 2.24) is 9.97 Å². The Balaban J connectivity index is 0.000000200. The third-order valence-electron chi connectivity index (χ3n) is 4.84. The number of aryl methyl sites for hydroxylation is 1. The molecule has 0 N–H and O–H groups in total. The first-order valence-electron chi connectivity index (χ1n) is 11.8. The Morgan fingerprint density at radius 2 is 1.47 bits per heavy atom. The SMILES string of the molecule is [2H]C([2H])([2H])c1ccc(-c2[c-]cc(C#N)cc2)nc1.[Ir].[c-]1ccccc1-c1ccc(-c2ccccc2)cn1. The van der Waals surface area contributed by atoms with Gasteiger partial charge in [-0.3, -0.25) is 0 Å². The topological polar surface area (TPSA) is 49.6 Å². The number of hydrogen-bond donors (Lipinski definition) is 0. The maximum Gasteiger partial charge on any atom is 0.0476 e. The summed E-state index contributed by atoms with van der Waals surface area (Å²) in [4.78, 5) is 8.59. The molecule has 0 fully saturated rings. The van der Waals surface area contributed by atoms with Gasteiger partial charge in [-0.2, -0.15) is 0 Å². The predicted octanol–water partition coefficient (Wildman–Crippen LogP) is 6.94. The predicted molar refractivity (Wildman–Crippen MR) is 132 cm³/mol. The van der Waals surface area contributed by atoms with Gasteiger partial charge in [-0.05, 0) is 40.5 Å². The second-order valence-electron chi connectivity index (χ2n) is 7.11. The fourth-order valence-corrected chi connectivity index (χ4v) is 3.11. The van der Waals surface area contributed by atoms with Crippen molar-refractivity contribution in [3.63, 3.8) is 0 Å². The zero-order valence-corrected chi connectivity index (χ0v) is 20.5. The quantitative estimate of drug-likeness (QED) is 0.206. The van der Waals surface area contributed by atoms with Crippen molar-refractivity contribution in [1.29, 1.82) is 5.26 Å². The standard InChI is InChI=1S/C17H12N.C13H9N2.Ir/c1-3-7-14(8-4-1)16-11-12-17(18-13-16)15-9-5-2-6-10-15;1-10-2-7-13(15-9-10)12-5-3-11(8-14)4-6-12;/h1-9,11-13H;2-5,7,9H,1H3;/q2*-1;/i;1D3;. The van der Waals surface area contributed by atoms with Crippen molar-refractivity contribution in [2.75, 3.05) is 0 Å². The van der Waals surface area contributed by atoms with Crippen LogP contribution in [0.2, 0.25) is 0 Å². The van der Waals surface area contributed by atoms with Crippen molar-refractivity contribution in [3.8, 4) is 39.7 Å². The molecule has 3 nitrogen and oxygen atoms in total. The smallest absolute Gasteiger partial charge is 0.0476 e.